The predicted octanol–water partition coefficient (Wildman–Crippen LogP) is 1.87. The summed E-state index contributed by atoms with van der Waals surface area (Å²) in [4.78, 5) is 26.9. The second-order valence-corrected chi connectivity index (χ2v) is 7.22. The summed E-state index contributed by atoms with van der Waals surface area (Å²) < 4.78 is 0. The van der Waals surface area contributed by atoms with E-state index in [1.807, 2.05) is 35.2 Å². The molecule has 0 bridgehead atoms. The first-order valence-electron chi connectivity index (χ1n) is 9.57. The van der Waals surface area contributed by atoms with Crippen molar-refractivity contribution in [1.29, 1.82) is 0 Å². The Labute approximate surface area is 150 Å². The molecule has 1 saturated heterocycles. The van der Waals surface area contributed by atoms with Crippen LogP contribution in [-0.4, -0.2) is 48.4 Å². The van der Waals surface area contributed by atoms with Crippen molar-refractivity contribution < 1.29 is 9.59 Å². The number of hydrogen-bond acceptors (Lipinski definition) is 3. The molecule has 1 aliphatic heterocycles. The fourth-order valence-electron chi connectivity index (χ4n) is 3.89. The molecule has 1 unspecified atom stereocenters. The molecule has 1 atom stereocenters. The van der Waals surface area contributed by atoms with Crippen molar-refractivity contribution in [3.05, 3.63) is 35.9 Å². The van der Waals surface area contributed by atoms with E-state index in [1.165, 1.54) is 25.7 Å². The predicted molar refractivity (Wildman–Crippen MR) is 98.1 cm³/mol. The van der Waals surface area contributed by atoms with Crippen molar-refractivity contribution in [3.8, 4) is 0 Å². The summed E-state index contributed by atoms with van der Waals surface area (Å²) in [6, 6.07) is 10.1. The zero-order valence-electron chi connectivity index (χ0n) is 14.9. The molecule has 25 heavy (non-hydrogen) atoms. The quantitative estimate of drug-likeness (QED) is 0.803. The Hall–Kier alpha value is -1.88. The molecule has 1 aliphatic carbocycles. The van der Waals surface area contributed by atoms with E-state index in [-0.39, 0.29) is 17.9 Å². The first kappa shape index (κ1) is 17.9. The lowest BCUT2D eigenvalue weighted by Crippen LogP contribution is -2.58. The molecule has 1 aromatic rings. The minimum Gasteiger partial charge on any atom is -0.353 e. The third kappa shape index (κ3) is 5.30. The van der Waals surface area contributed by atoms with Crippen LogP contribution in [-0.2, 0) is 16.0 Å². The van der Waals surface area contributed by atoms with Gasteiger partial charge >= 0.3 is 0 Å². The topological polar surface area (TPSA) is 61.4 Å². The molecule has 136 valence electrons. The number of hydrogen-bond donors (Lipinski definition) is 2. The molecule has 2 fully saturated rings. The SMILES string of the molecule is O=C(CN1CCNC(=O)C1Cc1ccccc1)NC1CCCCCC1. The van der Waals surface area contributed by atoms with E-state index in [1.54, 1.807) is 0 Å². The molecule has 3 rings (SSSR count). The molecule has 2 aliphatic rings. The highest BCUT2D eigenvalue weighted by molar-refractivity contribution is 5.84. The Kier molecular flexibility index (Phi) is 6.45. The monoisotopic (exact) mass is 343 g/mol. The van der Waals surface area contributed by atoms with Crippen molar-refractivity contribution >= 4 is 11.8 Å². The summed E-state index contributed by atoms with van der Waals surface area (Å²) in [5, 5.41) is 6.13. The van der Waals surface area contributed by atoms with Gasteiger partial charge in [-0.15, -0.1) is 0 Å². The Bertz CT molecular complexity index is 568. The number of benzene rings is 1. The van der Waals surface area contributed by atoms with Crippen LogP contribution in [0.1, 0.15) is 44.1 Å². The van der Waals surface area contributed by atoms with Crippen molar-refractivity contribution in [3.63, 3.8) is 0 Å². The van der Waals surface area contributed by atoms with Crippen molar-refractivity contribution in [2.24, 2.45) is 0 Å². The van der Waals surface area contributed by atoms with Crippen molar-refractivity contribution in [1.82, 2.24) is 15.5 Å². The maximum Gasteiger partial charge on any atom is 0.237 e. The molecule has 5 heteroatoms. The van der Waals surface area contributed by atoms with E-state index in [4.69, 9.17) is 0 Å². The van der Waals surface area contributed by atoms with Gasteiger partial charge in [0.15, 0.2) is 0 Å². The second-order valence-electron chi connectivity index (χ2n) is 7.22. The van der Waals surface area contributed by atoms with E-state index in [0.29, 0.717) is 25.6 Å². The highest BCUT2D eigenvalue weighted by Gasteiger charge is 2.31. The van der Waals surface area contributed by atoms with Gasteiger partial charge in [0.05, 0.1) is 12.6 Å². The van der Waals surface area contributed by atoms with Gasteiger partial charge in [0, 0.05) is 19.1 Å². The third-order valence-corrected chi connectivity index (χ3v) is 5.28. The number of nitrogens with one attached hydrogen (secondary N) is 2. The number of piperazine rings is 1. The van der Waals surface area contributed by atoms with E-state index in [9.17, 15) is 9.59 Å². The zero-order chi connectivity index (χ0) is 17.5. The fraction of sp³-hybridized carbons (Fsp3) is 0.600. The average molecular weight is 343 g/mol. The summed E-state index contributed by atoms with van der Waals surface area (Å²) >= 11 is 0. The smallest absolute Gasteiger partial charge is 0.237 e. The maximum absolute atomic E-state index is 12.5. The van der Waals surface area contributed by atoms with Gasteiger partial charge in [0.1, 0.15) is 0 Å². The van der Waals surface area contributed by atoms with Crippen LogP contribution in [0.4, 0.5) is 0 Å². The molecule has 2 amide bonds. The van der Waals surface area contributed by atoms with Gasteiger partial charge in [0.2, 0.25) is 11.8 Å². The van der Waals surface area contributed by atoms with Crippen molar-refractivity contribution in [2.75, 3.05) is 19.6 Å². The number of carbonyl (C=O) groups excluding carboxylic acids is 2. The van der Waals surface area contributed by atoms with Crippen LogP contribution in [0.5, 0.6) is 0 Å². The first-order chi connectivity index (χ1) is 12.2. The van der Waals surface area contributed by atoms with E-state index >= 15 is 0 Å². The maximum atomic E-state index is 12.5. The number of carbonyl (C=O) groups is 2. The Morgan fingerprint density at radius 2 is 1.84 bits per heavy atom. The molecule has 0 spiro atoms. The lowest BCUT2D eigenvalue weighted by Gasteiger charge is -2.35. The lowest BCUT2D eigenvalue weighted by atomic mass is 10.0. The third-order valence-electron chi connectivity index (χ3n) is 5.28. The summed E-state index contributed by atoms with van der Waals surface area (Å²) in [5.74, 6) is 0.0806. The van der Waals surface area contributed by atoms with Crippen LogP contribution < -0.4 is 10.6 Å². The number of amides is 2. The molecular weight excluding hydrogens is 314 g/mol. The van der Waals surface area contributed by atoms with Gasteiger partial charge in [-0.05, 0) is 24.8 Å². The first-order valence-corrected chi connectivity index (χ1v) is 9.57. The van der Waals surface area contributed by atoms with Gasteiger partial charge < -0.3 is 10.6 Å². The van der Waals surface area contributed by atoms with E-state index < -0.39 is 0 Å². The number of rotatable bonds is 5. The normalized spacial score (nSPS) is 22.9. The Balaban J connectivity index is 1.58. The summed E-state index contributed by atoms with van der Waals surface area (Å²) in [6.45, 7) is 1.64. The average Bonchev–Trinajstić information content (AvgIpc) is 2.87. The van der Waals surface area contributed by atoms with Crippen LogP contribution in [0.3, 0.4) is 0 Å². The van der Waals surface area contributed by atoms with Gasteiger partial charge in [-0.25, -0.2) is 0 Å². The summed E-state index contributed by atoms with van der Waals surface area (Å²) in [6.07, 6.45) is 7.76. The van der Waals surface area contributed by atoms with E-state index in [2.05, 4.69) is 10.6 Å². The largest absolute Gasteiger partial charge is 0.353 e. The van der Waals surface area contributed by atoms with Crippen LogP contribution in [0, 0.1) is 0 Å². The molecule has 5 nitrogen and oxygen atoms in total. The van der Waals surface area contributed by atoms with Crippen molar-refractivity contribution in [2.45, 2.75) is 57.0 Å². The van der Waals surface area contributed by atoms with Gasteiger partial charge in [-0.3, -0.25) is 14.5 Å². The fourth-order valence-corrected chi connectivity index (χ4v) is 3.89. The Morgan fingerprint density at radius 1 is 1.12 bits per heavy atom. The van der Waals surface area contributed by atoms with Gasteiger partial charge in [-0.2, -0.15) is 0 Å². The molecule has 1 saturated carbocycles. The number of nitrogens with zero attached hydrogens (tertiary/aromatic N) is 1. The molecule has 0 aromatic heterocycles. The molecule has 0 radical (unpaired) electrons. The van der Waals surface area contributed by atoms with Crippen LogP contribution in [0.15, 0.2) is 30.3 Å². The minimum atomic E-state index is -0.268. The molecule has 2 N–H and O–H groups in total. The van der Waals surface area contributed by atoms with Crippen LogP contribution >= 0.6 is 0 Å². The van der Waals surface area contributed by atoms with Gasteiger partial charge in [0.25, 0.3) is 0 Å². The minimum absolute atomic E-state index is 0.0253. The highest BCUT2D eigenvalue weighted by Crippen LogP contribution is 2.17. The molecule has 1 aromatic carbocycles. The van der Waals surface area contributed by atoms with E-state index in [0.717, 1.165) is 24.9 Å². The van der Waals surface area contributed by atoms with Gasteiger partial charge in [-0.1, -0.05) is 56.0 Å². The van der Waals surface area contributed by atoms with Crippen LogP contribution in [0.2, 0.25) is 0 Å². The Morgan fingerprint density at radius 3 is 2.56 bits per heavy atom. The standard InChI is InChI=1S/C20H29N3O2/c24-19(22-17-10-6-1-2-7-11-17)15-23-13-12-21-20(25)18(23)14-16-8-4-3-5-9-16/h3-5,8-9,17-18H,1-2,6-7,10-15H2,(H,21,25)(H,22,24). The zero-order valence-corrected chi connectivity index (χ0v) is 14.9. The second kappa shape index (κ2) is 8.99. The highest BCUT2D eigenvalue weighted by atomic mass is 16.2. The molecule has 1 heterocycles. The summed E-state index contributed by atoms with van der Waals surface area (Å²) in [7, 11) is 0. The molecular formula is C20H29N3O2. The van der Waals surface area contributed by atoms with Crippen LogP contribution in [0.25, 0.3) is 0 Å². The lowest BCUT2D eigenvalue weighted by molar-refractivity contribution is -0.131. The summed E-state index contributed by atoms with van der Waals surface area (Å²) in [5.41, 5.74) is 1.12.